The van der Waals surface area contributed by atoms with Crippen molar-refractivity contribution in [3.63, 3.8) is 0 Å². The number of rotatable bonds is 12. The van der Waals surface area contributed by atoms with Crippen molar-refractivity contribution < 1.29 is 4.79 Å². The molecule has 1 fully saturated rings. The molecule has 1 saturated heterocycles. The van der Waals surface area contributed by atoms with Crippen molar-refractivity contribution in [3.8, 4) is 0 Å². The molecule has 7 nitrogen and oxygen atoms in total. The van der Waals surface area contributed by atoms with Crippen LogP contribution in [0, 0.1) is 5.92 Å². The lowest BCUT2D eigenvalue weighted by molar-refractivity contribution is -0.138. The summed E-state index contributed by atoms with van der Waals surface area (Å²) in [6.45, 7) is 7.11. The van der Waals surface area contributed by atoms with E-state index in [2.05, 4.69) is 59.0 Å². The maximum atomic E-state index is 13.9. The zero-order valence-electron chi connectivity index (χ0n) is 24.7. The van der Waals surface area contributed by atoms with E-state index in [1.807, 2.05) is 24.3 Å². The molecular formula is C33H44Cl2N6O. The fourth-order valence-electron chi connectivity index (χ4n) is 6.05. The van der Waals surface area contributed by atoms with Gasteiger partial charge in [-0.05, 0) is 65.6 Å². The topological polar surface area (TPSA) is 114 Å². The van der Waals surface area contributed by atoms with Crippen molar-refractivity contribution in [1.82, 2.24) is 9.80 Å². The quantitative estimate of drug-likeness (QED) is 0.147. The van der Waals surface area contributed by atoms with Gasteiger partial charge in [0.25, 0.3) is 0 Å². The van der Waals surface area contributed by atoms with E-state index in [1.54, 1.807) is 6.07 Å². The molecule has 0 saturated carbocycles. The Morgan fingerprint density at radius 3 is 2.48 bits per heavy atom. The second-order valence-electron chi connectivity index (χ2n) is 11.9. The molecule has 3 aromatic carbocycles. The number of guanidine groups is 1. The molecular weight excluding hydrogens is 567 g/mol. The number of hydrogen-bond donors (Lipinski definition) is 3. The smallest absolute Gasteiger partial charge is 0.227 e. The highest BCUT2D eigenvalue weighted by Crippen LogP contribution is 2.27. The number of carbonyl (C=O) groups is 1. The summed E-state index contributed by atoms with van der Waals surface area (Å²) in [5.41, 5.74) is 19.9. The molecule has 3 atom stereocenters. The number of nitrogens with zero attached hydrogens (tertiary/aromatic N) is 3. The number of fused-ring (bicyclic) bond motifs is 1. The minimum Gasteiger partial charge on any atom is -0.370 e. The molecule has 226 valence electrons. The van der Waals surface area contributed by atoms with E-state index in [0.29, 0.717) is 48.4 Å². The van der Waals surface area contributed by atoms with E-state index in [-0.39, 0.29) is 30.0 Å². The Morgan fingerprint density at radius 2 is 1.76 bits per heavy atom. The van der Waals surface area contributed by atoms with Gasteiger partial charge in [0, 0.05) is 54.3 Å². The van der Waals surface area contributed by atoms with Crippen LogP contribution in [-0.4, -0.2) is 66.0 Å². The molecule has 3 unspecified atom stereocenters. The van der Waals surface area contributed by atoms with Crippen LogP contribution in [0.4, 0.5) is 0 Å². The first-order valence-electron chi connectivity index (χ1n) is 14.8. The van der Waals surface area contributed by atoms with Gasteiger partial charge in [0.2, 0.25) is 5.91 Å². The molecule has 9 heteroatoms. The predicted molar refractivity (Wildman–Crippen MR) is 176 cm³/mol. The fraction of sp³-hybridized carbons (Fsp3) is 0.455. The van der Waals surface area contributed by atoms with E-state index in [4.69, 9.17) is 40.4 Å². The van der Waals surface area contributed by atoms with Crippen LogP contribution in [0.3, 0.4) is 0 Å². The summed E-state index contributed by atoms with van der Waals surface area (Å²) in [4.78, 5) is 22.7. The Kier molecular flexibility index (Phi) is 11.5. The standard InChI is InChI=1S/C33H44Cl2N6O/c1-22(2)14-30-20-40(19-28(36)17-26-11-12-27(34)18-31(26)35)29(8-5-13-39-33(37)38)21-41(30)32(42)16-23-9-10-24-6-3-4-7-25(24)15-23/h3-4,6-7,9-12,15,18,22,28-30H,5,8,13-14,16-17,19-21,36H2,1-2H3,(H4,37,38,39). The fourth-order valence-corrected chi connectivity index (χ4v) is 6.54. The normalized spacial score (nSPS) is 18.4. The van der Waals surface area contributed by atoms with Gasteiger partial charge in [0.15, 0.2) is 5.96 Å². The third-order valence-electron chi connectivity index (χ3n) is 8.00. The van der Waals surface area contributed by atoms with Crippen LogP contribution in [0.15, 0.2) is 65.7 Å². The van der Waals surface area contributed by atoms with E-state index in [9.17, 15) is 4.79 Å². The van der Waals surface area contributed by atoms with Crippen molar-refractivity contribution in [2.24, 2.45) is 28.1 Å². The number of nitrogens with two attached hydrogens (primary N) is 3. The first-order valence-corrected chi connectivity index (χ1v) is 15.6. The van der Waals surface area contributed by atoms with Gasteiger partial charge < -0.3 is 22.1 Å². The number of halogens is 2. The molecule has 1 heterocycles. The summed E-state index contributed by atoms with van der Waals surface area (Å²) in [6, 6.07) is 20.2. The van der Waals surface area contributed by atoms with Crippen molar-refractivity contribution in [1.29, 1.82) is 0 Å². The van der Waals surface area contributed by atoms with Gasteiger partial charge in [-0.1, -0.05) is 85.6 Å². The van der Waals surface area contributed by atoms with Crippen LogP contribution in [0.25, 0.3) is 10.8 Å². The Hall–Kier alpha value is -2.84. The van der Waals surface area contributed by atoms with Gasteiger partial charge in [-0.2, -0.15) is 0 Å². The zero-order chi connectivity index (χ0) is 30.2. The van der Waals surface area contributed by atoms with E-state index < -0.39 is 0 Å². The van der Waals surface area contributed by atoms with E-state index in [1.165, 1.54) is 5.39 Å². The maximum Gasteiger partial charge on any atom is 0.227 e. The van der Waals surface area contributed by atoms with Gasteiger partial charge in [0.05, 0.1) is 6.42 Å². The summed E-state index contributed by atoms with van der Waals surface area (Å²) < 4.78 is 0. The molecule has 1 amide bonds. The minimum absolute atomic E-state index is 0.0987. The van der Waals surface area contributed by atoms with Gasteiger partial charge in [0.1, 0.15) is 0 Å². The Balaban J connectivity index is 1.52. The molecule has 0 aromatic heterocycles. The third-order valence-corrected chi connectivity index (χ3v) is 8.59. The molecule has 6 N–H and O–H groups in total. The number of hydrogen-bond acceptors (Lipinski definition) is 4. The van der Waals surface area contributed by atoms with Gasteiger partial charge in [-0.15, -0.1) is 0 Å². The third kappa shape index (κ3) is 9.08. The van der Waals surface area contributed by atoms with Crippen LogP contribution >= 0.6 is 23.2 Å². The largest absolute Gasteiger partial charge is 0.370 e. The summed E-state index contributed by atoms with van der Waals surface area (Å²) in [5, 5.41) is 3.57. The highest BCUT2D eigenvalue weighted by molar-refractivity contribution is 6.35. The van der Waals surface area contributed by atoms with Crippen LogP contribution in [0.5, 0.6) is 0 Å². The highest BCUT2D eigenvalue weighted by Gasteiger charge is 2.36. The predicted octanol–water partition coefficient (Wildman–Crippen LogP) is 5.24. The first kappa shape index (κ1) is 32.1. The van der Waals surface area contributed by atoms with Crippen molar-refractivity contribution in [3.05, 3.63) is 81.8 Å². The molecule has 3 aromatic rings. The second-order valence-corrected chi connectivity index (χ2v) is 12.8. The van der Waals surface area contributed by atoms with Gasteiger partial charge >= 0.3 is 0 Å². The maximum absolute atomic E-state index is 13.9. The number of piperazine rings is 1. The summed E-state index contributed by atoms with van der Waals surface area (Å²) in [7, 11) is 0. The summed E-state index contributed by atoms with van der Waals surface area (Å²) in [6.07, 6.45) is 3.64. The Labute approximate surface area is 260 Å². The first-order chi connectivity index (χ1) is 20.1. The SMILES string of the molecule is CC(C)CC1CN(CC(N)Cc2ccc(Cl)cc2Cl)C(CCCN=C(N)N)CN1C(=O)Cc1ccc2ccccc2c1. The summed E-state index contributed by atoms with van der Waals surface area (Å²) >= 11 is 12.6. The number of carbonyl (C=O) groups excluding carboxylic acids is 1. The minimum atomic E-state index is -0.122. The molecule has 1 aliphatic rings. The molecule has 0 bridgehead atoms. The second kappa shape index (κ2) is 15.1. The lowest BCUT2D eigenvalue weighted by Crippen LogP contribution is -2.62. The van der Waals surface area contributed by atoms with E-state index in [0.717, 1.165) is 42.3 Å². The highest BCUT2D eigenvalue weighted by atomic mass is 35.5. The Morgan fingerprint density at radius 1 is 1.00 bits per heavy atom. The van der Waals surface area contributed by atoms with Crippen molar-refractivity contribution in [2.75, 3.05) is 26.2 Å². The van der Waals surface area contributed by atoms with Crippen LogP contribution < -0.4 is 17.2 Å². The lowest BCUT2D eigenvalue weighted by atomic mass is 9.94. The van der Waals surface area contributed by atoms with Crippen molar-refractivity contribution >= 4 is 45.8 Å². The molecule has 0 aliphatic carbocycles. The zero-order valence-corrected chi connectivity index (χ0v) is 26.2. The molecule has 0 spiro atoms. The number of aliphatic imine (C=N–C) groups is 1. The summed E-state index contributed by atoms with van der Waals surface area (Å²) in [5.74, 6) is 0.719. The molecule has 42 heavy (non-hydrogen) atoms. The average Bonchev–Trinajstić information content (AvgIpc) is 2.93. The Bertz CT molecular complexity index is 1380. The van der Waals surface area contributed by atoms with Crippen molar-refractivity contribution in [2.45, 2.75) is 64.1 Å². The molecule has 0 radical (unpaired) electrons. The lowest BCUT2D eigenvalue weighted by Gasteiger charge is -2.48. The van der Waals surface area contributed by atoms with Crippen LogP contribution in [0.2, 0.25) is 10.0 Å². The van der Waals surface area contributed by atoms with Crippen LogP contribution in [0.1, 0.15) is 44.2 Å². The van der Waals surface area contributed by atoms with Gasteiger partial charge in [-0.25, -0.2) is 0 Å². The monoisotopic (exact) mass is 610 g/mol. The molecule has 1 aliphatic heterocycles. The van der Waals surface area contributed by atoms with E-state index >= 15 is 0 Å². The van der Waals surface area contributed by atoms with Crippen LogP contribution in [-0.2, 0) is 17.6 Å². The number of benzene rings is 3. The average molecular weight is 612 g/mol. The molecule has 4 rings (SSSR count). The van der Waals surface area contributed by atoms with Gasteiger partial charge in [-0.3, -0.25) is 14.7 Å². The number of amides is 1.